The molecule has 0 radical (unpaired) electrons. The molecule has 1 saturated heterocycles. The van der Waals surface area contributed by atoms with Crippen molar-refractivity contribution in [2.24, 2.45) is 17.3 Å². The third-order valence-electron chi connectivity index (χ3n) is 7.47. The Morgan fingerprint density at radius 3 is 2.42 bits per heavy atom. The Balaban J connectivity index is 0.000000791. The van der Waals surface area contributed by atoms with Crippen LogP contribution in [-0.2, 0) is 13.0 Å². The maximum absolute atomic E-state index is 13.1. The third-order valence-corrected chi connectivity index (χ3v) is 7.47. The summed E-state index contributed by atoms with van der Waals surface area (Å²) in [4.78, 5) is 42.5. The van der Waals surface area contributed by atoms with Crippen molar-refractivity contribution in [3.05, 3.63) is 46.6 Å². The quantitative estimate of drug-likeness (QED) is 0.234. The van der Waals surface area contributed by atoms with Crippen LogP contribution in [0.25, 0.3) is 0 Å². The minimum atomic E-state index is -2.62. The molecule has 3 fully saturated rings. The van der Waals surface area contributed by atoms with Crippen molar-refractivity contribution in [3.63, 3.8) is 0 Å². The van der Waals surface area contributed by atoms with Gasteiger partial charge in [0.05, 0.1) is 0 Å². The van der Waals surface area contributed by atoms with E-state index in [1.54, 1.807) is 6.20 Å². The minimum absolute atomic E-state index is 0. The van der Waals surface area contributed by atoms with Gasteiger partial charge in [0.25, 0.3) is 5.91 Å². The number of aryl methyl sites for hydroxylation is 2. The van der Waals surface area contributed by atoms with E-state index in [2.05, 4.69) is 58.1 Å². The second kappa shape index (κ2) is 16.2. The van der Waals surface area contributed by atoms with Gasteiger partial charge in [-0.3, -0.25) is 4.79 Å². The van der Waals surface area contributed by atoms with Gasteiger partial charge in [-0.2, -0.15) is 4.98 Å². The average molecular weight is 559 g/mol. The maximum Gasteiger partial charge on any atom is 1.00 e. The topological polar surface area (TPSA) is 142 Å². The second-order valence-corrected chi connectivity index (χ2v) is 10.7. The minimum Gasteiger partial charge on any atom is -0.830 e. The van der Waals surface area contributed by atoms with E-state index in [4.69, 9.17) is 14.8 Å². The summed E-state index contributed by atoms with van der Waals surface area (Å²) in [6, 6.07) is 6.85. The van der Waals surface area contributed by atoms with E-state index in [1.807, 2.05) is 0 Å². The number of carbonyl (C=O) groups excluding carboxylic acids is 1. The molecule has 2 saturated carbocycles. The summed E-state index contributed by atoms with van der Waals surface area (Å²) in [6.07, 6.45) is 9.88. The standard InChI is InChI=1S/C26H35N5O.H2NO2P.2Na/c1-3-19-10-9-18(11-17(19)2)13-27-24-23(25(32)29-22-7-5-4-6-8-22)14-28-26(30-24)31-15-20-12-21(20)16-31;1-4(2)3;;/h9-11,14,20-22H,3-8,12-13,15-16H2,1-2H3,(H,29,32)(H,27,28,30);1H2;;/q;-2;2*+1. The average Bonchev–Trinajstić information content (AvgIpc) is 3.47. The summed E-state index contributed by atoms with van der Waals surface area (Å²) in [6.45, 7) is 7.05. The second-order valence-electron chi connectivity index (χ2n) is 10.2. The molecule has 2 aliphatic carbocycles. The molecular formula is C26H37N6Na2O3P. The Kier molecular flexibility index (Phi) is 14.4. The van der Waals surface area contributed by atoms with Crippen LogP contribution < -0.4 is 89.9 Å². The van der Waals surface area contributed by atoms with E-state index in [1.165, 1.54) is 42.4 Å². The first-order chi connectivity index (χ1) is 17.3. The molecule has 9 nitrogen and oxygen atoms in total. The molecule has 1 aliphatic heterocycles. The number of nitrogens with two attached hydrogens (primary N) is 1. The summed E-state index contributed by atoms with van der Waals surface area (Å²) in [5.41, 5.74) is 8.49. The van der Waals surface area contributed by atoms with Crippen LogP contribution in [0.15, 0.2) is 24.4 Å². The number of fused-ring (bicyclic) bond motifs is 1. The molecule has 0 spiro atoms. The molecule has 1 aromatic heterocycles. The van der Waals surface area contributed by atoms with Gasteiger partial charge in [-0.1, -0.05) is 44.4 Å². The fourth-order valence-electron chi connectivity index (χ4n) is 5.35. The molecule has 1 aromatic carbocycles. The zero-order valence-corrected chi connectivity index (χ0v) is 28.1. The van der Waals surface area contributed by atoms with Gasteiger partial charge in [0, 0.05) is 31.9 Å². The van der Waals surface area contributed by atoms with E-state index in [9.17, 15) is 4.79 Å². The summed E-state index contributed by atoms with van der Waals surface area (Å²) in [5.74, 6) is 2.94. The zero-order chi connectivity index (χ0) is 25.7. The van der Waals surface area contributed by atoms with Gasteiger partial charge in [-0.15, -0.1) is 0 Å². The third kappa shape index (κ3) is 9.65. The first-order valence-corrected chi connectivity index (χ1v) is 14.2. The fourth-order valence-corrected chi connectivity index (χ4v) is 5.35. The number of anilines is 2. The molecule has 5 rings (SSSR count). The van der Waals surface area contributed by atoms with Crippen LogP contribution in [0.5, 0.6) is 0 Å². The number of amides is 1. The van der Waals surface area contributed by atoms with Crippen molar-refractivity contribution in [2.75, 3.05) is 23.3 Å². The smallest absolute Gasteiger partial charge is 0.830 e. The van der Waals surface area contributed by atoms with E-state index >= 15 is 0 Å². The molecule has 12 heteroatoms. The Bertz CT molecular complexity index is 1040. The molecule has 196 valence electrons. The molecule has 2 aromatic rings. The Morgan fingerprint density at radius 1 is 1.16 bits per heavy atom. The Morgan fingerprint density at radius 2 is 1.82 bits per heavy atom. The number of carbonyl (C=O) groups is 1. The number of piperidine rings is 1. The number of rotatable bonds is 7. The van der Waals surface area contributed by atoms with Gasteiger partial charge in [-0.25, -0.2) is 13.5 Å². The molecule has 3 aliphatic rings. The van der Waals surface area contributed by atoms with Crippen LogP contribution in [0.2, 0.25) is 0 Å². The molecule has 1 amide bonds. The van der Waals surface area contributed by atoms with E-state index in [-0.39, 0.29) is 71.1 Å². The Labute approximate surface area is 271 Å². The zero-order valence-electron chi connectivity index (χ0n) is 23.2. The van der Waals surface area contributed by atoms with Gasteiger partial charge in [0.15, 0.2) is 0 Å². The van der Waals surface area contributed by atoms with Crippen LogP contribution in [0.3, 0.4) is 0 Å². The van der Waals surface area contributed by atoms with Crippen molar-refractivity contribution < 1.29 is 73.7 Å². The number of hydrogen-bond acceptors (Lipinski definition) is 8. The summed E-state index contributed by atoms with van der Waals surface area (Å²) in [7, 11) is -2.62. The largest absolute Gasteiger partial charge is 1.00 e. The Hall–Kier alpha value is -0.320. The predicted molar refractivity (Wildman–Crippen MR) is 139 cm³/mol. The fraction of sp³-hybridized carbons (Fsp3) is 0.577. The normalized spacial score (nSPS) is 19.9. The number of nitrogens with one attached hydrogen (secondary N) is 2. The molecule has 2 unspecified atom stereocenters. The number of aromatic nitrogens is 2. The van der Waals surface area contributed by atoms with Crippen molar-refractivity contribution in [1.82, 2.24) is 15.3 Å². The molecule has 2 heterocycles. The van der Waals surface area contributed by atoms with Crippen LogP contribution in [0.4, 0.5) is 11.8 Å². The van der Waals surface area contributed by atoms with E-state index in [0.29, 0.717) is 17.9 Å². The van der Waals surface area contributed by atoms with Crippen LogP contribution >= 0.6 is 8.53 Å². The van der Waals surface area contributed by atoms with Gasteiger partial charge >= 0.3 is 59.1 Å². The van der Waals surface area contributed by atoms with Crippen molar-refractivity contribution in [2.45, 2.75) is 71.4 Å². The van der Waals surface area contributed by atoms with Crippen LogP contribution in [-0.4, -0.2) is 35.0 Å². The van der Waals surface area contributed by atoms with Crippen LogP contribution in [0, 0.1) is 18.8 Å². The molecule has 0 bridgehead atoms. The molecular weight excluding hydrogens is 521 g/mol. The maximum atomic E-state index is 13.1. The van der Waals surface area contributed by atoms with Gasteiger partial charge in [0.1, 0.15) is 11.4 Å². The van der Waals surface area contributed by atoms with E-state index < -0.39 is 8.53 Å². The first-order valence-electron chi connectivity index (χ1n) is 13.0. The van der Waals surface area contributed by atoms with Gasteiger partial charge in [0.2, 0.25) is 5.95 Å². The first kappa shape index (κ1) is 33.9. The van der Waals surface area contributed by atoms with Crippen molar-refractivity contribution >= 4 is 26.2 Å². The van der Waals surface area contributed by atoms with E-state index in [0.717, 1.165) is 50.1 Å². The monoisotopic (exact) mass is 558 g/mol. The summed E-state index contributed by atoms with van der Waals surface area (Å²) in [5, 5.41) is 6.69. The molecule has 38 heavy (non-hydrogen) atoms. The van der Waals surface area contributed by atoms with Gasteiger partial charge < -0.3 is 30.8 Å². The summed E-state index contributed by atoms with van der Waals surface area (Å²) >= 11 is 0. The van der Waals surface area contributed by atoms with Gasteiger partial charge in [-0.05, 0) is 61.1 Å². The summed E-state index contributed by atoms with van der Waals surface area (Å²) < 4.78 is 0. The molecule has 4 N–H and O–H groups in total. The number of benzene rings is 1. The number of nitrogens with zero attached hydrogens (tertiary/aromatic N) is 3. The SMILES string of the molecule is CCc1ccc(CNc2nc(N3CC4CC4C3)ncc2C(=O)NC2CCCCC2)cc1C.NP([O-])[O-].[Na+].[Na+]. The predicted octanol–water partition coefficient (Wildman–Crippen LogP) is -3.62. The van der Waals surface area contributed by atoms with Crippen LogP contribution in [0.1, 0.15) is 72.5 Å². The van der Waals surface area contributed by atoms with Crippen molar-refractivity contribution in [1.29, 1.82) is 0 Å². The number of hydrogen-bond donors (Lipinski definition) is 3. The molecule has 2 atom stereocenters. The van der Waals surface area contributed by atoms with Crippen molar-refractivity contribution in [3.8, 4) is 0 Å².